The fourth-order valence-corrected chi connectivity index (χ4v) is 5.54. The molecule has 4 rings (SSSR count). The molecule has 0 aliphatic heterocycles. The van der Waals surface area contributed by atoms with Gasteiger partial charge in [-0.3, -0.25) is 4.72 Å². The van der Waals surface area contributed by atoms with Gasteiger partial charge in [-0.15, -0.1) is 11.3 Å². The Morgan fingerprint density at radius 3 is 2.21 bits per heavy atom. The largest absolute Gasteiger partial charge is 0.504 e. The van der Waals surface area contributed by atoms with E-state index < -0.39 is 35.2 Å². The Kier molecular flexibility index (Phi) is 9.67. The molecule has 0 aliphatic rings. The number of phenolic OH excluding ortho intramolecular Hbond substituents is 2. The molecule has 0 saturated heterocycles. The fourth-order valence-electron chi connectivity index (χ4n) is 3.75. The maximum atomic E-state index is 13.0. The molecular weight excluding hydrogens is 620 g/mol. The van der Waals surface area contributed by atoms with Gasteiger partial charge in [-0.25, -0.2) is 4.79 Å². The van der Waals surface area contributed by atoms with Crippen molar-refractivity contribution >= 4 is 35.0 Å². The van der Waals surface area contributed by atoms with Crippen molar-refractivity contribution in [1.29, 1.82) is 0 Å². The fraction of sp³-hybridized carbons (Fsp3) is 0.179. The van der Waals surface area contributed by atoms with E-state index in [0.29, 0.717) is 23.6 Å². The van der Waals surface area contributed by atoms with Gasteiger partial charge in [0.15, 0.2) is 11.5 Å². The highest BCUT2D eigenvalue weighted by molar-refractivity contribution is 7.99. The van der Waals surface area contributed by atoms with Crippen molar-refractivity contribution in [2.45, 2.75) is 23.5 Å². The van der Waals surface area contributed by atoms with Crippen LogP contribution in [0.2, 0.25) is 0 Å². The van der Waals surface area contributed by atoms with E-state index in [1.165, 1.54) is 41.5 Å². The predicted molar refractivity (Wildman–Crippen MR) is 152 cm³/mol. The average molecular weight is 644 g/mol. The lowest BCUT2D eigenvalue weighted by molar-refractivity contribution is -0.143. The predicted octanol–water partition coefficient (Wildman–Crippen LogP) is 8.38. The molecule has 3 aromatic carbocycles. The molecule has 15 heteroatoms. The number of carbonyl (C=O) groups is 1. The molecule has 0 radical (unpaired) electrons. The number of phenols is 2. The number of rotatable bonds is 9. The molecule has 228 valence electrons. The van der Waals surface area contributed by atoms with Crippen LogP contribution < -0.4 is 20.1 Å². The van der Waals surface area contributed by atoms with E-state index in [1.54, 1.807) is 0 Å². The third kappa shape index (κ3) is 8.49. The van der Waals surface area contributed by atoms with Gasteiger partial charge < -0.3 is 25.6 Å². The molecule has 0 fully saturated rings. The summed E-state index contributed by atoms with van der Waals surface area (Å²) < 4.78 is 88.2. The summed E-state index contributed by atoms with van der Waals surface area (Å²) in [6, 6.07) is 11.5. The molecular formula is C28H23F6N3O4S2. The van der Waals surface area contributed by atoms with Crippen molar-refractivity contribution in [3.05, 3.63) is 82.7 Å². The molecule has 0 aliphatic carbocycles. The van der Waals surface area contributed by atoms with Crippen LogP contribution in [-0.4, -0.2) is 29.3 Å². The van der Waals surface area contributed by atoms with Crippen molar-refractivity contribution in [3.63, 3.8) is 0 Å². The molecule has 4 aromatic rings. The molecule has 0 saturated carbocycles. The number of alkyl halides is 6. The van der Waals surface area contributed by atoms with E-state index in [-0.39, 0.29) is 30.7 Å². The van der Waals surface area contributed by atoms with Crippen LogP contribution in [0.25, 0.3) is 11.1 Å². The van der Waals surface area contributed by atoms with Gasteiger partial charge in [0.25, 0.3) is 0 Å². The van der Waals surface area contributed by atoms with Gasteiger partial charge in [0.05, 0.1) is 15.3 Å². The van der Waals surface area contributed by atoms with Gasteiger partial charge in [-0.05, 0) is 72.3 Å². The number of nitrogens with one attached hydrogen (secondary N) is 3. The number of carbonyl (C=O) groups excluding carboxylic acids is 1. The van der Waals surface area contributed by atoms with E-state index >= 15 is 0 Å². The van der Waals surface area contributed by atoms with Gasteiger partial charge in [-0.1, -0.05) is 12.1 Å². The van der Waals surface area contributed by atoms with Gasteiger partial charge in [0, 0.05) is 36.0 Å². The van der Waals surface area contributed by atoms with Gasteiger partial charge in [-0.2, -0.15) is 26.3 Å². The molecule has 5 N–H and O–H groups in total. The molecule has 1 heterocycles. The molecule has 0 spiro atoms. The summed E-state index contributed by atoms with van der Waals surface area (Å²) in [5, 5.41) is 25.6. The molecule has 2 amide bonds. The van der Waals surface area contributed by atoms with Crippen LogP contribution in [-0.2, 0) is 12.4 Å². The highest BCUT2D eigenvalue weighted by atomic mass is 32.2. The minimum absolute atomic E-state index is 0.00781. The zero-order chi connectivity index (χ0) is 31.4. The second-order valence-corrected chi connectivity index (χ2v) is 11.1. The lowest BCUT2D eigenvalue weighted by Gasteiger charge is -2.15. The molecule has 7 nitrogen and oxygen atoms in total. The lowest BCUT2D eigenvalue weighted by atomic mass is 10.1. The second-order valence-electron chi connectivity index (χ2n) is 9.05. The van der Waals surface area contributed by atoms with E-state index in [2.05, 4.69) is 10.0 Å². The monoisotopic (exact) mass is 643 g/mol. The summed E-state index contributed by atoms with van der Waals surface area (Å²) >= 11 is 2.68. The third-order valence-electron chi connectivity index (χ3n) is 5.75. The number of hydrogen-bond acceptors (Lipinski definition) is 7. The number of urea groups is 1. The maximum absolute atomic E-state index is 13.0. The van der Waals surface area contributed by atoms with Gasteiger partial charge >= 0.3 is 18.4 Å². The summed E-state index contributed by atoms with van der Waals surface area (Å²) in [5.41, 5.74) is -1.22. The van der Waals surface area contributed by atoms with Crippen molar-refractivity contribution in [3.8, 4) is 34.1 Å². The standard InChI is InChI=1S/C28H23F6N3O4S2/c1-15-2-4-20(24(10-15)41-19-3-5-22(38)23(39)14-19)21-6-9-42-25(21)43-36-8-7-35-26(40)37-18-12-16(27(29,30)31)11-17(13-18)28(32,33)34/h2-6,9-14,36,38-39H,7-8H2,1H3,(H2,35,37,40). The third-order valence-corrected chi connectivity index (χ3v) is 7.75. The van der Waals surface area contributed by atoms with Crippen LogP contribution in [0.1, 0.15) is 16.7 Å². The van der Waals surface area contributed by atoms with Crippen LogP contribution in [0, 0.1) is 6.92 Å². The number of hydrogen-bond donors (Lipinski definition) is 5. The Labute approximate surface area is 249 Å². The van der Waals surface area contributed by atoms with E-state index in [4.69, 9.17) is 4.74 Å². The zero-order valence-electron chi connectivity index (χ0n) is 22.1. The smallest absolute Gasteiger partial charge is 0.416 e. The number of aryl methyl sites for hydroxylation is 1. The molecule has 1 aromatic heterocycles. The van der Waals surface area contributed by atoms with Gasteiger partial charge in [0.2, 0.25) is 0 Å². The van der Waals surface area contributed by atoms with Crippen LogP contribution in [0.15, 0.2) is 70.3 Å². The van der Waals surface area contributed by atoms with Gasteiger partial charge in [0.1, 0.15) is 11.5 Å². The molecule has 0 atom stereocenters. The lowest BCUT2D eigenvalue weighted by Crippen LogP contribution is -2.33. The van der Waals surface area contributed by atoms with Crippen LogP contribution in [0.3, 0.4) is 0 Å². The molecule has 43 heavy (non-hydrogen) atoms. The zero-order valence-corrected chi connectivity index (χ0v) is 23.7. The Hall–Kier alpha value is -4.08. The number of benzene rings is 3. The quantitative estimate of drug-likeness (QED) is 0.0544. The van der Waals surface area contributed by atoms with Crippen molar-refractivity contribution in [2.24, 2.45) is 0 Å². The summed E-state index contributed by atoms with van der Waals surface area (Å²) in [5.74, 6) is 0.212. The first-order valence-electron chi connectivity index (χ1n) is 12.3. The summed E-state index contributed by atoms with van der Waals surface area (Å²) in [4.78, 5) is 12.2. The second kappa shape index (κ2) is 13.1. The summed E-state index contributed by atoms with van der Waals surface area (Å²) in [7, 11) is 0. The first kappa shape index (κ1) is 31.8. The molecule has 0 unspecified atom stereocenters. The van der Waals surface area contributed by atoms with Crippen molar-refractivity contribution in [1.82, 2.24) is 10.0 Å². The summed E-state index contributed by atoms with van der Waals surface area (Å²) in [6.45, 7) is 2.10. The van der Waals surface area contributed by atoms with Crippen molar-refractivity contribution < 1.29 is 46.1 Å². The summed E-state index contributed by atoms with van der Waals surface area (Å²) in [6.07, 6.45) is -10.1. The van der Waals surface area contributed by atoms with Crippen molar-refractivity contribution in [2.75, 3.05) is 18.4 Å². The highest BCUT2D eigenvalue weighted by Gasteiger charge is 2.37. The van der Waals surface area contributed by atoms with Crippen LogP contribution in [0.4, 0.5) is 36.8 Å². The normalized spacial score (nSPS) is 11.8. The Morgan fingerprint density at radius 2 is 1.56 bits per heavy atom. The highest BCUT2D eigenvalue weighted by Crippen LogP contribution is 2.42. The number of halogens is 6. The first-order chi connectivity index (χ1) is 20.2. The minimum Gasteiger partial charge on any atom is -0.504 e. The topological polar surface area (TPSA) is 103 Å². The maximum Gasteiger partial charge on any atom is 0.416 e. The number of aromatic hydroxyl groups is 2. The van der Waals surface area contributed by atoms with Crippen LogP contribution in [0.5, 0.6) is 23.0 Å². The Balaban J connectivity index is 1.35. The van der Waals surface area contributed by atoms with E-state index in [1.807, 2.05) is 41.9 Å². The Bertz CT molecular complexity index is 1580. The minimum atomic E-state index is -5.03. The molecule has 0 bridgehead atoms. The number of amides is 2. The number of thiophene rings is 1. The SMILES string of the molecule is Cc1ccc(-c2ccsc2SNCCNC(=O)Nc2cc(C(F)(F)F)cc(C(F)(F)F)c2)c(Oc2ccc(O)c(O)c2)c1. The Morgan fingerprint density at radius 1 is 0.860 bits per heavy atom. The first-order valence-corrected chi connectivity index (χ1v) is 14.0. The van der Waals surface area contributed by atoms with Crippen LogP contribution >= 0.6 is 23.3 Å². The van der Waals surface area contributed by atoms with E-state index in [0.717, 1.165) is 20.9 Å². The van der Waals surface area contributed by atoms with E-state index in [9.17, 15) is 41.4 Å². The average Bonchev–Trinajstić information content (AvgIpc) is 3.38. The number of ether oxygens (including phenoxy) is 1. The number of anilines is 1.